The zero-order chi connectivity index (χ0) is 14.1. The van der Waals surface area contributed by atoms with Crippen molar-refractivity contribution in [1.29, 1.82) is 0 Å². The Balaban J connectivity index is 2.34. The van der Waals surface area contributed by atoms with E-state index < -0.39 is 6.10 Å². The number of phenols is 1. The standard InChI is InChI=1S/C17H16O3/c1-11(18)10-20-17-14-8-4-2-6-12(14)16(19)13-7-3-5-9-15(13)17/h2-9,11,18-19H,10H2,1H3. The van der Waals surface area contributed by atoms with Crippen molar-refractivity contribution in [2.24, 2.45) is 0 Å². The number of hydrogen-bond acceptors (Lipinski definition) is 3. The van der Waals surface area contributed by atoms with Gasteiger partial charge >= 0.3 is 0 Å². The molecule has 0 aliphatic rings. The highest BCUT2D eigenvalue weighted by molar-refractivity contribution is 6.10. The van der Waals surface area contributed by atoms with Crippen molar-refractivity contribution >= 4 is 21.5 Å². The predicted octanol–water partition coefficient (Wildman–Crippen LogP) is 3.46. The van der Waals surface area contributed by atoms with E-state index in [1.807, 2.05) is 48.5 Å². The summed E-state index contributed by atoms with van der Waals surface area (Å²) in [5.41, 5.74) is 0. The first-order chi connectivity index (χ1) is 9.68. The molecule has 1 unspecified atom stereocenters. The molecule has 0 amide bonds. The van der Waals surface area contributed by atoms with E-state index in [2.05, 4.69) is 0 Å². The minimum atomic E-state index is -0.540. The number of ether oxygens (including phenoxy) is 1. The van der Waals surface area contributed by atoms with Crippen molar-refractivity contribution in [2.75, 3.05) is 6.61 Å². The third-order valence-corrected chi connectivity index (χ3v) is 3.32. The van der Waals surface area contributed by atoms with E-state index in [4.69, 9.17) is 4.74 Å². The van der Waals surface area contributed by atoms with E-state index in [-0.39, 0.29) is 12.4 Å². The fourth-order valence-corrected chi connectivity index (χ4v) is 2.42. The molecular weight excluding hydrogens is 252 g/mol. The number of aliphatic hydroxyl groups is 1. The first kappa shape index (κ1) is 12.8. The molecule has 2 N–H and O–H groups in total. The molecule has 0 spiro atoms. The molecule has 0 aliphatic heterocycles. The number of fused-ring (bicyclic) bond motifs is 2. The van der Waals surface area contributed by atoms with Crippen LogP contribution in [0.2, 0.25) is 0 Å². The Morgan fingerprint density at radius 2 is 1.35 bits per heavy atom. The predicted molar refractivity (Wildman–Crippen MR) is 80.3 cm³/mol. The third kappa shape index (κ3) is 2.06. The van der Waals surface area contributed by atoms with Gasteiger partial charge in [0.05, 0.1) is 6.10 Å². The van der Waals surface area contributed by atoms with Gasteiger partial charge < -0.3 is 14.9 Å². The van der Waals surface area contributed by atoms with Gasteiger partial charge in [0.25, 0.3) is 0 Å². The second-order valence-corrected chi connectivity index (χ2v) is 4.93. The Kier molecular flexibility index (Phi) is 3.20. The molecule has 0 heterocycles. The zero-order valence-corrected chi connectivity index (χ0v) is 11.2. The Bertz CT molecular complexity index is 706. The Morgan fingerprint density at radius 3 is 1.80 bits per heavy atom. The van der Waals surface area contributed by atoms with Crippen molar-refractivity contribution in [3.05, 3.63) is 48.5 Å². The molecule has 0 saturated heterocycles. The molecule has 0 saturated carbocycles. The summed E-state index contributed by atoms with van der Waals surface area (Å²) in [6, 6.07) is 15.2. The summed E-state index contributed by atoms with van der Waals surface area (Å²) in [5.74, 6) is 0.968. The molecule has 3 nitrogen and oxygen atoms in total. The van der Waals surface area contributed by atoms with Crippen molar-refractivity contribution in [2.45, 2.75) is 13.0 Å². The second-order valence-electron chi connectivity index (χ2n) is 4.93. The van der Waals surface area contributed by atoms with Gasteiger partial charge in [-0.1, -0.05) is 48.5 Å². The van der Waals surface area contributed by atoms with E-state index in [0.717, 1.165) is 21.5 Å². The summed E-state index contributed by atoms with van der Waals surface area (Å²) >= 11 is 0. The lowest BCUT2D eigenvalue weighted by Crippen LogP contribution is -2.13. The van der Waals surface area contributed by atoms with Crippen LogP contribution in [0.15, 0.2) is 48.5 Å². The average molecular weight is 268 g/mol. The van der Waals surface area contributed by atoms with Crippen molar-refractivity contribution in [3.63, 3.8) is 0 Å². The van der Waals surface area contributed by atoms with Gasteiger partial charge in [-0.2, -0.15) is 0 Å². The summed E-state index contributed by atoms with van der Waals surface area (Å²) in [4.78, 5) is 0. The van der Waals surface area contributed by atoms with E-state index in [9.17, 15) is 10.2 Å². The summed E-state index contributed by atoms with van der Waals surface area (Å²) in [6.07, 6.45) is -0.540. The quantitative estimate of drug-likeness (QED) is 0.715. The van der Waals surface area contributed by atoms with E-state index in [1.54, 1.807) is 6.92 Å². The lowest BCUT2D eigenvalue weighted by molar-refractivity contribution is 0.124. The molecule has 0 fully saturated rings. The highest BCUT2D eigenvalue weighted by Crippen LogP contribution is 2.41. The van der Waals surface area contributed by atoms with E-state index >= 15 is 0 Å². The number of hydrogen-bond donors (Lipinski definition) is 2. The van der Waals surface area contributed by atoms with Crippen LogP contribution in [0.5, 0.6) is 11.5 Å². The highest BCUT2D eigenvalue weighted by Gasteiger charge is 2.14. The van der Waals surface area contributed by atoms with Crippen LogP contribution in [0.1, 0.15) is 6.92 Å². The van der Waals surface area contributed by atoms with Crippen LogP contribution in [-0.2, 0) is 0 Å². The number of rotatable bonds is 3. The number of benzene rings is 3. The van der Waals surface area contributed by atoms with Crippen LogP contribution < -0.4 is 4.74 Å². The molecule has 0 radical (unpaired) electrons. The van der Waals surface area contributed by atoms with Crippen LogP contribution in [0.25, 0.3) is 21.5 Å². The van der Waals surface area contributed by atoms with Gasteiger partial charge in [0, 0.05) is 21.5 Å². The number of phenolic OH excluding ortho intramolecular Hbond substituents is 1. The van der Waals surface area contributed by atoms with Gasteiger partial charge in [-0.15, -0.1) is 0 Å². The molecule has 3 heteroatoms. The first-order valence-corrected chi connectivity index (χ1v) is 6.61. The monoisotopic (exact) mass is 268 g/mol. The van der Waals surface area contributed by atoms with Crippen LogP contribution in [-0.4, -0.2) is 22.9 Å². The van der Waals surface area contributed by atoms with Gasteiger partial charge in [0.15, 0.2) is 0 Å². The van der Waals surface area contributed by atoms with Crippen molar-refractivity contribution in [3.8, 4) is 11.5 Å². The molecule has 0 aliphatic carbocycles. The average Bonchev–Trinajstić information content (AvgIpc) is 2.47. The number of aliphatic hydroxyl groups excluding tert-OH is 1. The topological polar surface area (TPSA) is 49.7 Å². The Hall–Kier alpha value is -2.26. The maximum atomic E-state index is 10.4. The molecule has 0 aromatic heterocycles. The van der Waals surface area contributed by atoms with Gasteiger partial charge in [0.2, 0.25) is 0 Å². The normalized spacial score (nSPS) is 12.7. The molecule has 102 valence electrons. The maximum Gasteiger partial charge on any atom is 0.135 e. The van der Waals surface area contributed by atoms with E-state index in [1.165, 1.54) is 0 Å². The molecular formula is C17H16O3. The van der Waals surface area contributed by atoms with Crippen LogP contribution in [0.3, 0.4) is 0 Å². The molecule has 20 heavy (non-hydrogen) atoms. The fraction of sp³-hybridized carbons (Fsp3) is 0.176. The summed E-state index contributed by atoms with van der Waals surface area (Å²) in [7, 11) is 0. The number of aromatic hydroxyl groups is 1. The Labute approximate surface area is 117 Å². The van der Waals surface area contributed by atoms with E-state index in [0.29, 0.717) is 5.75 Å². The van der Waals surface area contributed by atoms with Crippen molar-refractivity contribution < 1.29 is 14.9 Å². The molecule has 3 aromatic carbocycles. The molecule has 0 bridgehead atoms. The Morgan fingerprint density at radius 1 is 0.900 bits per heavy atom. The summed E-state index contributed by atoms with van der Waals surface area (Å²) < 4.78 is 5.79. The van der Waals surface area contributed by atoms with Gasteiger partial charge in [0.1, 0.15) is 18.1 Å². The minimum absolute atomic E-state index is 0.221. The fourth-order valence-electron chi connectivity index (χ4n) is 2.42. The maximum absolute atomic E-state index is 10.4. The lowest BCUT2D eigenvalue weighted by Gasteiger charge is -2.15. The minimum Gasteiger partial charge on any atom is -0.507 e. The van der Waals surface area contributed by atoms with Crippen molar-refractivity contribution in [1.82, 2.24) is 0 Å². The second kappa shape index (κ2) is 5.02. The highest BCUT2D eigenvalue weighted by atomic mass is 16.5. The lowest BCUT2D eigenvalue weighted by atomic mass is 10.0. The first-order valence-electron chi connectivity index (χ1n) is 6.61. The SMILES string of the molecule is CC(O)COc1c2ccccc2c(O)c2ccccc12. The molecule has 3 rings (SSSR count). The van der Waals surface area contributed by atoms with Gasteiger partial charge in [-0.05, 0) is 6.92 Å². The van der Waals surface area contributed by atoms with Crippen LogP contribution in [0, 0.1) is 0 Å². The largest absolute Gasteiger partial charge is 0.507 e. The molecule has 1 atom stereocenters. The van der Waals surface area contributed by atoms with Gasteiger partial charge in [-0.3, -0.25) is 0 Å². The zero-order valence-electron chi connectivity index (χ0n) is 11.2. The smallest absolute Gasteiger partial charge is 0.135 e. The third-order valence-electron chi connectivity index (χ3n) is 3.32. The summed E-state index contributed by atoms with van der Waals surface area (Å²) in [5, 5.41) is 23.1. The summed E-state index contributed by atoms with van der Waals surface area (Å²) in [6.45, 7) is 1.91. The van der Waals surface area contributed by atoms with Crippen LogP contribution >= 0.6 is 0 Å². The molecule has 3 aromatic rings. The van der Waals surface area contributed by atoms with Gasteiger partial charge in [-0.25, -0.2) is 0 Å². The van der Waals surface area contributed by atoms with Crippen LogP contribution in [0.4, 0.5) is 0 Å².